The molecule has 0 aliphatic rings. The molecule has 0 radical (unpaired) electrons. The average Bonchev–Trinajstić information content (AvgIpc) is 2.43. The molecule has 2 rings (SSSR count). The number of aromatic nitrogens is 2. The summed E-state index contributed by atoms with van der Waals surface area (Å²) in [6.45, 7) is 1.79. The number of aryl methyl sites for hydroxylation is 1. The maximum absolute atomic E-state index is 10.8. The molecule has 5 nitrogen and oxygen atoms in total. The van der Waals surface area contributed by atoms with Gasteiger partial charge in [0.15, 0.2) is 0 Å². The first-order valence-corrected chi connectivity index (χ1v) is 4.66. The molecule has 2 heterocycles. The van der Waals surface area contributed by atoms with E-state index in [1.165, 1.54) is 0 Å². The third-order valence-electron chi connectivity index (χ3n) is 1.75. The Bertz CT molecular complexity index is 521. The van der Waals surface area contributed by atoms with Crippen molar-refractivity contribution in [3.63, 3.8) is 0 Å². The van der Waals surface area contributed by atoms with E-state index >= 15 is 0 Å². The van der Waals surface area contributed by atoms with Gasteiger partial charge in [-0.15, -0.1) is 11.3 Å². The van der Waals surface area contributed by atoms with Gasteiger partial charge in [-0.1, -0.05) is 0 Å². The van der Waals surface area contributed by atoms with Gasteiger partial charge < -0.3 is 10.8 Å². The quantitative estimate of drug-likeness (QED) is 0.738. The minimum Gasteiger partial charge on any atom is -0.477 e. The number of nitrogen functional groups attached to an aromatic ring is 1. The van der Waals surface area contributed by atoms with E-state index in [0.717, 1.165) is 17.0 Å². The summed E-state index contributed by atoms with van der Waals surface area (Å²) in [5, 5.41) is 8.81. The lowest BCUT2D eigenvalue weighted by Crippen LogP contribution is -1.97. The summed E-state index contributed by atoms with van der Waals surface area (Å²) in [6.07, 6.45) is 1.57. The van der Waals surface area contributed by atoms with Crippen LogP contribution >= 0.6 is 11.3 Å². The van der Waals surface area contributed by atoms with E-state index in [-0.39, 0.29) is 10.6 Å². The van der Waals surface area contributed by atoms with E-state index in [2.05, 4.69) is 9.97 Å². The molecule has 0 atom stereocenters. The van der Waals surface area contributed by atoms with E-state index in [9.17, 15) is 4.79 Å². The van der Waals surface area contributed by atoms with Crippen LogP contribution in [0.15, 0.2) is 6.20 Å². The summed E-state index contributed by atoms with van der Waals surface area (Å²) in [5.74, 6) is -1.04. The van der Waals surface area contributed by atoms with E-state index in [0.29, 0.717) is 10.3 Å². The topological polar surface area (TPSA) is 89.1 Å². The van der Waals surface area contributed by atoms with E-state index < -0.39 is 5.97 Å². The van der Waals surface area contributed by atoms with Crippen LogP contribution in [0.3, 0.4) is 0 Å². The summed E-state index contributed by atoms with van der Waals surface area (Å²) in [5.41, 5.74) is 7.03. The number of carboxylic acid groups (broad SMARTS) is 1. The maximum atomic E-state index is 10.8. The van der Waals surface area contributed by atoms with Crippen LogP contribution in [-0.4, -0.2) is 21.0 Å². The van der Waals surface area contributed by atoms with Crippen LogP contribution in [-0.2, 0) is 0 Å². The zero-order valence-corrected chi connectivity index (χ0v) is 8.13. The van der Waals surface area contributed by atoms with Crippen molar-refractivity contribution in [1.82, 2.24) is 9.97 Å². The second kappa shape index (κ2) is 2.91. The summed E-state index contributed by atoms with van der Waals surface area (Å²) in [4.78, 5) is 19.6. The number of aromatic carboxylic acids is 1. The molecule has 0 unspecified atom stereocenters. The minimum absolute atomic E-state index is 0.102. The smallest absolute Gasteiger partial charge is 0.348 e. The SMILES string of the molecule is Cc1cnc2c(N)c(C(=O)O)sc2n1. The standard InChI is InChI=1S/C8H7N3O2S/c1-3-2-10-5-4(9)6(8(12)13)14-7(5)11-3/h2H,9H2,1H3,(H,12,13). The molecule has 14 heavy (non-hydrogen) atoms. The average molecular weight is 209 g/mol. The molecule has 0 aliphatic heterocycles. The largest absolute Gasteiger partial charge is 0.477 e. The predicted octanol–water partition coefficient (Wildman–Crippen LogP) is 1.28. The summed E-state index contributed by atoms with van der Waals surface area (Å²) < 4.78 is 0. The van der Waals surface area contributed by atoms with Crippen LogP contribution in [0.1, 0.15) is 15.4 Å². The van der Waals surface area contributed by atoms with Gasteiger partial charge in [-0.05, 0) is 6.92 Å². The number of carbonyl (C=O) groups is 1. The first-order chi connectivity index (χ1) is 6.59. The molecular weight excluding hydrogens is 202 g/mol. The molecule has 2 aromatic rings. The Labute approximate surface area is 83.2 Å². The van der Waals surface area contributed by atoms with Crippen molar-refractivity contribution in [3.05, 3.63) is 16.8 Å². The highest BCUT2D eigenvalue weighted by atomic mass is 32.1. The van der Waals surface area contributed by atoms with Crippen molar-refractivity contribution in [1.29, 1.82) is 0 Å². The van der Waals surface area contributed by atoms with Gasteiger partial charge in [0.25, 0.3) is 0 Å². The molecule has 3 N–H and O–H groups in total. The molecular formula is C8H7N3O2S. The minimum atomic E-state index is -1.04. The van der Waals surface area contributed by atoms with Crippen molar-refractivity contribution < 1.29 is 9.90 Å². The molecule has 6 heteroatoms. The Morgan fingerprint density at radius 2 is 2.36 bits per heavy atom. The number of rotatable bonds is 1. The monoisotopic (exact) mass is 209 g/mol. The molecule has 0 aliphatic carbocycles. The van der Waals surface area contributed by atoms with Crippen LogP contribution in [0.4, 0.5) is 5.69 Å². The zero-order chi connectivity index (χ0) is 10.3. The lowest BCUT2D eigenvalue weighted by molar-refractivity contribution is 0.0703. The second-order valence-electron chi connectivity index (χ2n) is 2.82. The fraction of sp³-hybridized carbons (Fsp3) is 0.125. The van der Waals surface area contributed by atoms with Gasteiger partial charge in [-0.2, -0.15) is 0 Å². The highest BCUT2D eigenvalue weighted by molar-refractivity contribution is 7.21. The molecule has 0 amide bonds. The van der Waals surface area contributed by atoms with Crippen molar-refractivity contribution in [2.75, 3.05) is 5.73 Å². The predicted molar refractivity (Wildman–Crippen MR) is 53.5 cm³/mol. The number of fused-ring (bicyclic) bond motifs is 1. The van der Waals surface area contributed by atoms with Crippen LogP contribution in [0.5, 0.6) is 0 Å². The Morgan fingerprint density at radius 3 is 3.00 bits per heavy atom. The first-order valence-electron chi connectivity index (χ1n) is 3.84. The normalized spacial score (nSPS) is 10.6. The molecule has 0 spiro atoms. The fourth-order valence-electron chi connectivity index (χ4n) is 1.13. The molecule has 0 bridgehead atoms. The fourth-order valence-corrected chi connectivity index (χ4v) is 2.07. The van der Waals surface area contributed by atoms with Gasteiger partial charge in [-0.3, -0.25) is 0 Å². The number of carboxylic acids is 1. The number of anilines is 1. The number of hydrogen-bond acceptors (Lipinski definition) is 5. The molecule has 72 valence electrons. The van der Waals surface area contributed by atoms with E-state index in [1.54, 1.807) is 13.1 Å². The Morgan fingerprint density at radius 1 is 1.64 bits per heavy atom. The molecule has 2 aromatic heterocycles. The Hall–Kier alpha value is -1.69. The first kappa shape index (κ1) is 8.89. The molecule has 0 fully saturated rings. The van der Waals surface area contributed by atoms with Crippen LogP contribution in [0.25, 0.3) is 10.3 Å². The van der Waals surface area contributed by atoms with E-state index in [1.807, 2.05) is 0 Å². The maximum Gasteiger partial charge on any atom is 0.348 e. The van der Waals surface area contributed by atoms with Crippen molar-refractivity contribution >= 4 is 33.3 Å². The highest BCUT2D eigenvalue weighted by Crippen LogP contribution is 2.30. The van der Waals surface area contributed by atoms with Crippen molar-refractivity contribution in [3.8, 4) is 0 Å². The van der Waals surface area contributed by atoms with Gasteiger partial charge >= 0.3 is 5.97 Å². The number of nitrogens with zero attached hydrogens (tertiary/aromatic N) is 2. The van der Waals surface area contributed by atoms with Gasteiger partial charge in [0.1, 0.15) is 15.2 Å². The van der Waals surface area contributed by atoms with Crippen LogP contribution in [0, 0.1) is 6.92 Å². The summed E-state index contributed by atoms with van der Waals surface area (Å²) in [7, 11) is 0. The number of hydrogen-bond donors (Lipinski definition) is 2. The van der Waals surface area contributed by atoms with Crippen molar-refractivity contribution in [2.45, 2.75) is 6.92 Å². The summed E-state index contributed by atoms with van der Waals surface area (Å²) >= 11 is 1.05. The Balaban J connectivity index is 2.79. The van der Waals surface area contributed by atoms with Gasteiger partial charge in [0.05, 0.1) is 11.4 Å². The Kier molecular flexibility index (Phi) is 1.85. The van der Waals surface area contributed by atoms with Gasteiger partial charge in [0.2, 0.25) is 0 Å². The van der Waals surface area contributed by atoms with Gasteiger partial charge in [-0.25, -0.2) is 14.8 Å². The molecule has 0 saturated carbocycles. The third kappa shape index (κ3) is 1.20. The third-order valence-corrected chi connectivity index (χ3v) is 2.83. The van der Waals surface area contributed by atoms with Gasteiger partial charge in [0, 0.05) is 6.20 Å². The molecule has 0 saturated heterocycles. The lowest BCUT2D eigenvalue weighted by Gasteiger charge is -1.91. The summed E-state index contributed by atoms with van der Waals surface area (Å²) in [6, 6.07) is 0. The van der Waals surface area contributed by atoms with E-state index in [4.69, 9.17) is 10.8 Å². The lowest BCUT2D eigenvalue weighted by atomic mass is 10.3. The highest BCUT2D eigenvalue weighted by Gasteiger charge is 2.16. The second-order valence-corrected chi connectivity index (χ2v) is 3.81. The molecule has 0 aromatic carbocycles. The number of nitrogens with two attached hydrogens (primary N) is 1. The number of thiophene rings is 1. The zero-order valence-electron chi connectivity index (χ0n) is 7.31. The van der Waals surface area contributed by atoms with Crippen molar-refractivity contribution in [2.24, 2.45) is 0 Å². The van der Waals surface area contributed by atoms with Crippen LogP contribution < -0.4 is 5.73 Å². The van der Waals surface area contributed by atoms with Crippen LogP contribution in [0.2, 0.25) is 0 Å².